The van der Waals surface area contributed by atoms with Gasteiger partial charge in [0.1, 0.15) is 17.1 Å². The van der Waals surface area contributed by atoms with Crippen molar-refractivity contribution in [2.24, 2.45) is 0 Å². The largest absolute Gasteiger partial charge is 0.474 e. The van der Waals surface area contributed by atoms with Crippen LogP contribution in [0.25, 0.3) is 0 Å². The molecule has 1 saturated heterocycles. The number of likely N-dealkylation sites (tertiary alicyclic amines) is 1. The molecule has 1 fully saturated rings. The Kier molecular flexibility index (Phi) is 4.05. The van der Waals surface area contributed by atoms with Crippen molar-refractivity contribution < 1.29 is 4.74 Å². The molecule has 1 aliphatic rings. The van der Waals surface area contributed by atoms with Crippen LogP contribution in [0.5, 0.6) is 5.75 Å². The van der Waals surface area contributed by atoms with E-state index in [0.717, 1.165) is 23.3 Å². The summed E-state index contributed by atoms with van der Waals surface area (Å²) in [4.78, 5) is 6.36. The lowest BCUT2D eigenvalue weighted by Gasteiger charge is -2.24. The van der Waals surface area contributed by atoms with Crippen LogP contribution >= 0.6 is 27.5 Å². The summed E-state index contributed by atoms with van der Waals surface area (Å²) in [7, 11) is 0. The SMILES string of the molecule is CC(Oc1cnc(Cl)c(Br)c1)N1CCCC1. The topological polar surface area (TPSA) is 25.4 Å². The smallest absolute Gasteiger partial charge is 0.149 e. The highest BCUT2D eigenvalue weighted by atomic mass is 79.9. The van der Waals surface area contributed by atoms with Crippen molar-refractivity contribution in [3.8, 4) is 5.75 Å². The number of pyridine rings is 1. The molecule has 0 radical (unpaired) electrons. The molecule has 0 aromatic carbocycles. The molecule has 1 unspecified atom stereocenters. The summed E-state index contributed by atoms with van der Waals surface area (Å²) in [6.45, 7) is 4.29. The van der Waals surface area contributed by atoms with E-state index in [4.69, 9.17) is 16.3 Å². The lowest BCUT2D eigenvalue weighted by atomic mass is 10.4. The van der Waals surface area contributed by atoms with Crippen LogP contribution in [0.1, 0.15) is 19.8 Å². The van der Waals surface area contributed by atoms with Crippen molar-refractivity contribution in [2.75, 3.05) is 13.1 Å². The Morgan fingerprint density at radius 3 is 2.81 bits per heavy atom. The summed E-state index contributed by atoms with van der Waals surface area (Å²) in [5.41, 5.74) is 0. The van der Waals surface area contributed by atoms with Crippen LogP contribution in [0.3, 0.4) is 0 Å². The van der Waals surface area contributed by atoms with Crippen molar-refractivity contribution in [1.82, 2.24) is 9.88 Å². The number of rotatable bonds is 3. The molecule has 0 aliphatic carbocycles. The van der Waals surface area contributed by atoms with Gasteiger partial charge in [-0.1, -0.05) is 11.6 Å². The minimum absolute atomic E-state index is 0.0948. The monoisotopic (exact) mass is 304 g/mol. The minimum Gasteiger partial charge on any atom is -0.474 e. The third-order valence-corrected chi connectivity index (χ3v) is 3.87. The van der Waals surface area contributed by atoms with Gasteiger partial charge in [-0.25, -0.2) is 4.98 Å². The number of nitrogens with zero attached hydrogens (tertiary/aromatic N) is 2. The summed E-state index contributed by atoms with van der Waals surface area (Å²) in [5, 5.41) is 0.459. The van der Waals surface area contributed by atoms with Gasteiger partial charge in [0.25, 0.3) is 0 Å². The molecule has 0 spiro atoms. The maximum Gasteiger partial charge on any atom is 0.149 e. The highest BCUT2D eigenvalue weighted by Crippen LogP contribution is 2.25. The average molecular weight is 306 g/mol. The molecule has 2 heterocycles. The molecule has 5 heteroatoms. The summed E-state index contributed by atoms with van der Waals surface area (Å²) in [5.74, 6) is 0.746. The van der Waals surface area contributed by atoms with Crippen LogP contribution in [0, 0.1) is 0 Å². The Balaban J connectivity index is 1.99. The number of hydrogen-bond acceptors (Lipinski definition) is 3. The van der Waals surface area contributed by atoms with Gasteiger partial charge in [-0.05, 0) is 41.8 Å². The number of aromatic nitrogens is 1. The normalized spacial score (nSPS) is 18.7. The van der Waals surface area contributed by atoms with Gasteiger partial charge in [0.2, 0.25) is 0 Å². The Bertz CT molecular complexity index is 369. The van der Waals surface area contributed by atoms with Crippen molar-refractivity contribution in [3.05, 3.63) is 21.9 Å². The van der Waals surface area contributed by atoms with Crippen LogP contribution in [-0.2, 0) is 0 Å². The Morgan fingerprint density at radius 1 is 1.50 bits per heavy atom. The van der Waals surface area contributed by atoms with Crippen molar-refractivity contribution >= 4 is 27.5 Å². The van der Waals surface area contributed by atoms with Gasteiger partial charge in [-0.2, -0.15) is 0 Å². The molecule has 1 aromatic rings. The molecule has 0 N–H and O–H groups in total. The molecule has 0 bridgehead atoms. The van der Waals surface area contributed by atoms with Crippen molar-refractivity contribution in [3.63, 3.8) is 0 Å². The molecular formula is C11H14BrClN2O. The Labute approximate surface area is 109 Å². The third-order valence-electron chi connectivity index (χ3n) is 2.73. The van der Waals surface area contributed by atoms with E-state index in [1.807, 2.05) is 6.07 Å². The first-order chi connectivity index (χ1) is 7.66. The van der Waals surface area contributed by atoms with E-state index >= 15 is 0 Å². The van der Waals surface area contributed by atoms with Crippen molar-refractivity contribution in [2.45, 2.75) is 26.0 Å². The van der Waals surface area contributed by atoms with Gasteiger partial charge in [-0.3, -0.25) is 4.90 Å². The average Bonchev–Trinajstić information content (AvgIpc) is 2.77. The maximum atomic E-state index is 5.82. The highest BCUT2D eigenvalue weighted by Gasteiger charge is 2.19. The molecular weight excluding hydrogens is 291 g/mol. The molecule has 0 amide bonds. The van der Waals surface area contributed by atoms with Gasteiger partial charge >= 0.3 is 0 Å². The second kappa shape index (κ2) is 5.34. The quantitative estimate of drug-likeness (QED) is 0.801. The molecule has 1 atom stereocenters. The predicted octanol–water partition coefficient (Wildman–Crippen LogP) is 3.32. The summed E-state index contributed by atoms with van der Waals surface area (Å²) >= 11 is 9.15. The van der Waals surface area contributed by atoms with Crippen molar-refractivity contribution in [1.29, 1.82) is 0 Å². The zero-order chi connectivity index (χ0) is 11.5. The van der Waals surface area contributed by atoms with E-state index in [1.165, 1.54) is 12.8 Å². The van der Waals surface area contributed by atoms with E-state index in [0.29, 0.717) is 5.15 Å². The van der Waals surface area contributed by atoms with Gasteiger partial charge in [0, 0.05) is 13.1 Å². The fourth-order valence-corrected chi connectivity index (χ4v) is 2.28. The summed E-state index contributed by atoms with van der Waals surface area (Å²) in [6, 6.07) is 1.85. The van der Waals surface area contributed by atoms with E-state index in [2.05, 4.69) is 32.7 Å². The number of ether oxygens (including phenoxy) is 1. The molecule has 1 aromatic heterocycles. The Morgan fingerprint density at radius 2 is 2.19 bits per heavy atom. The zero-order valence-electron chi connectivity index (χ0n) is 9.12. The minimum atomic E-state index is 0.0948. The first-order valence-corrected chi connectivity index (χ1v) is 6.55. The van der Waals surface area contributed by atoms with Gasteiger partial charge in [0.05, 0.1) is 10.7 Å². The fourth-order valence-electron chi connectivity index (χ4n) is 1.84. The fraction of sp³-hybridized carbons (Fsp3) is 0.545. The van der Waals surface area contributed by atoms with Gasteiger partial charge in [-0.15, -0.1) is 0 Å². The molecule has 0 saturated carbocycles. The number of halogens is 2. The van der Waals surface area contributed by atoms with Crippen LogP contribution in [0.15, 0.2) is 16.7 Å². The maximum absolute atomic E-state index is 5.82. The zero-order valence-corrected chi connectivity index (χ0v) is 11.5. The predicted molar refractivity (Wildman–Crippen MR) is 67.8 cm³/mol. The van der Waals surface area contributed by atoms with Gasteiger partial charge < -0.3 is 4.74 Å². The first-order valence-electron chi connectivity index (χ1n) is 5.38. The third kappa shape index (κ3) is 2.87. The van der Waals surface area contributed by atoms with Crippen LogP contribution < -0.4 is 4.74 Å². The van der Waals surface area contributed by atoms with Crippen LogP contribution in [0.2, 0.25) is 5.15 Å². The van der Waals surface area contributed by atoms with Crippen LogP contribution in [-0.4, -0.2) is 29.2 Å². The van der Waals surface area contributed by atoms with E-state index in [-0.39, 0.29) is 6.23 Å². The first kappa shape index (κ1) is 12.1. The lowest BCUT2D eigenvalue weighted by molar-refractivity contribution is 0.0588. The highest BCUT2D eigenvalue weighted by molar-refractivity contribution is 9.10. The summed E-state index contributed by atoms with van der Waals surface area (Å²) < 4.78 is 6.57. The molecule has 2 rings (SSSR count). The Hall–Kier alpha value is -0.320. The lowest BCUT2D eigenvalue weighted by Crippen LogP contribution is -2.34. The van der Waals surface area contributed by atoms with E-state index < -0.39 is 0 Å². The molecule has 1 aliphatic heterocycles. The molecule has 16 heavy (non-hydrogen) atoms. The second-order valence-corrected chi connectivity index (χ2v) is 5.12. The van der Waals surface area contributed by atoms with Crippen LogP contribution in [0.4, 0.5) is 0 Å². The molecule has 88 valence electrons. The second-order valence-electron chi connectivity index (χ2n) is 3.90. The standard InChI is InChI=1S/C11H14BrClN2O/c1-8(15-4-2-3-5-15)16-9-6-10(12)11(13)14-7-9/h6-8H,2-5H2,1H3. The summed E-state index contributed by atoms with van der Waals surface area (Å²) in [6.07, 6.45) is 4.27. The number of hydrogen-bond donors (Lipinski definition) is 0. The van der Waals surface area contributed by atoms with Gasteiger partial charge in [0.15, 0.2) is 0 Å². The molecule has 3 nitrogen and oxygen atoms in total. The van der Waals surface area contributed by atoms with E-state index in [1.54, 1.807) is 6.20 Å². The van der Waals surface area contributed by atoms with E-state index in [9.17, 15) is 0 Å².